The lowest BCUT2D eigenvalue weighted by Gasteiger charge is -1.97. The first kappa shape index (κ1) is 9.90. The normalized spacial score (nSPS) is 11.1. The van der Waals surface area contributed by atoms with E-state index in [1.807, 2.05) is 0 Å². The van der Waals surface area contributed by atoms with E-state index in [1.54, 1.807) is 12.1 Å². The Morgan fingerprint density at radius 3 is 2.86 bits per heavy atom. The molecule has 0 saturated heterocycles. The van der Waals surface area contributed by atoms with Crippen LogP contribution < -0.4 is 0 Å². The standard InChI is InChI=1S/C10H8ClFOS/c11-4-6-1-2-9(12)10-8(6)3-7(5-13)14-10/h1-3,13H,4-5H2. The molecule has 0 aliphatic heterocycles. The predicted molar refractivity (Wildman–Crippen MR) is 57.3 cm³/mol. The molecule has 0 aliphatic rings. The van der Waals surface area contributed by atoms with Crippen molar-refractivity contribution in [3.63, 3.8) is 0 Å². The van der Waals surface area contributed by atoms with Crippen molar-refractivity contribution in [3.05, 3.63) is 34.5 Å². The average molecular weight is 231 g/mol. The van der Waals surface area contributed by atoms with Crippen LogP contribution in [-0.2, 0) is 12.5 Å². The number of halogens is 2. The maximum absolute atomic E-state index is 13.3. The summed E-state index contributed by atoms with van der Waals surface area (Å²) in [5.41, 5.74) is 0.902. The predicted octanol–water partition coefficient (Wildman–Crippen LogP) is 3.27. The van der Waals surface area contributed by atoms with Crippen LogP contribution in [0.1, 0.15) is 10.4 Å². The topological polar surface area (TPSA) is 20.2 Å². The fraction of sp³-hybridized carbons (Fsp3) is 0.200. The number of rotatable bonds is 2. The summed E-state index contributed by atoms with van der Waals surface area (Å²) in [5, 5.41) is 9.76. The maximum atomic E-state index is 13.3. The third kappa shape index (κ3) is 1.52. The summed E-state index contributed by atoms with van der Waals surface area (Å²) in [6.07, 6.45) is 0. The van der Waals surface area contributed by atoms with Crippen molar-refractivity contribution in [3.8, 4) is 0 Å². The van der Waals surface area contributed by atoms with Crippen LogP contribution in [0.2, 0.25) is 0 Å². The smallest absolute Gasteiger partial charge is 0.141 e. The van der Waals surface area contributed by atoms with E-state index in [2.05, 4.69) is 0 Å². The zero-order chi connectivity index (χ0) is 10.1. The molecule has 0 radical (unpaired) electrons. The minimum absolute atomic E-state index is 0.0550. The third-order valence-electron chi connectivity index (χ3n) is 2.08. The molecule has 0 unspecified atom stereocenters. The largest absolute Gasteiger partial charge is 0.391 e. The van der Waals surface area contributed by atoms with E-state index < -0.39 is 0 Å². The molecule has 4 heteroatoms. The number of benzene rings is 1. The minimum atomic E-state index is -0.251. The summed E-state index contributed by atoms with van der Waals surface area (Å²) in [4.78, 5) is 0.761. The molecular formula is C10H8ClFOS. The van der Waals surface area contributed by atoms with Gasteiger partial charge in [0.2, 0.25) is 0 Å². The summed E-state index contributed by atoms with van der Waals surface area (Å²) in [7, 11) is 0. The summed E-state index contributed by atoms with van der Waals surface area (Å²) >= 11 is 7.00. The van der Waals surface area contributed by atoms with E-state index in [-0.39, 0.29) is 12.4 Å². The second-order valence-corrected chi connectivity index (χ2v) is 4.36. The number of thiophene rings is 1. The van der Waals surface area contributed by atoms with Crippen LogP contribution in [0.4, 0.5) is 4.39 Å². The van der Waals surface area contributed by atoms with Crippen molar-refractivity contribution < 1.29 is 9.50 Å². The molecule has 0 fully saturated rings. The Kier molecular flexibility index (Phi) is 2.72. The number of aliphatic hydroxyl groups is 1. The third-order valence-corrected chi connectivity index (χ3v) is 3.49. The van der Waals surface area contributed by atoms with E-state index in [1.165, 1.54) is 17.4 Å². The van der Waals surface area contributed by atoms with Gasteiger partial charge in [0.15, 0.2) is 0 Å². The van der Waals surface area contributed by atoms with Gasteiger partial charge in [-0.1, -0.05) is 6.07 Å². The molecule has 1 nitrogen and oxygen atoms in total. The summed E-state index contributed by atoms with van der Waals surface area (Å²) in [6, 6.07) is 4.89. The fourth-order valence-electron chi connectivity index (χ4n) is 1.39. The van der Waals surface area contributed by atoms with Gasteiger partial charge < -0.3 is 5.11 Å². The van der Waals surface area contributed by atoms with Gasteiger partial charge in [0.05, 0.1) is 11.3 Å². The zero-order valence-corrected chi connectivity index (χ0v) is 8.83. The Balaban J connectivity index is 2.74. The lowest BCUT2D eigenvalue weighted by atomic mass is 10.1. The second kappa shape index (κ2) is 3.85. The van der Waals surface area contributed by atoms with E-state index in [0.29, 0.717) is 10.6 Å². The van der Waals surface area contributed by atoms with Crippen molar-refractivity contribution >= 4 is 33.0 Å². The monoisotopic (exact) mass is 230 g/mol. The Morgan fingerprint density at radius 1 is 1.43 bits per heavy atom. The quantitative estimate of drug-likeness (QED) is 0.786. The molecule has 0 bridgehead atoms. The first-order chi connectivity index (χ1) is 6.76. The van der Waals surface area contributed by atoms with Crippen molar-refractivity contribution in [2.75, 3.05) is 0 Å². The molecule has 1 aromatic heterocycles. The van der Waals surface area contributed by atoms with Crippen LogP contribution in [0, 0.1) is 5.82 Å². The van der Waals surface area contributed by atoms with Crippen LogP contribution in [0.3, 0.4) is 0 Å². The number of fused-ring (bicyclic) bond motifs is 1. The van der Waals surface area contributed by atoms with Crippen molar-refractivity contribution in [1.29, 1.82) is 0 Å². The Labute approximate surface area is 89.7 Å². The molecule has 0 aliphatic carbocycles. The number of alkyl halides is 1. The van der Waals surface area contributed by atoms with Crippen LogP contribution in [-0.4, -0.2) is 5.11 Å². The summed E-state index contributed by atoms with van der Waals surface area (Å²) < 4.78 is 13.9. The molecule has 1 N–H and O–H groups in total. The lowest BCUT2D eigenvalue weighted by molar-refractivity contribution is 0.285. The van der Waals surface area contributed by atoms with Crippen molar-refractivity contribution in [2.45, 2.75) is 12.5 Å². The highest BCUT2D eigenvalue weighted by Gasteiger charge is 2.09. The number of hydrogen-bond acceptors (Lipinski definition) is 2. The van der Waals surface area contributed by atoms with Gasteiger partial charge in [0.1, 0.15) is 5.82 Å². The van der Waals surface area contributed by atoms with Gasteiger partial charge in [0, 0.05) is 16.1 Å². The highest BCUT2D eigenvalue weighted by atomic mass is 35.5. The minimum Gasteiger partial charge on any atom is -0.391 e. The molecule has 0 amide bonds. The number of aliphatic hydroxyl groups excluding tert-OH is 1. The number of hydrogen-bond donors (Lipinski definition) is 1. The SMILES string of the molecule is OCc1cc2c(CCl)ccc(F)c2s1. The molecule has 2 rings (SSSR count). The molecule has 14 heavy (non-hydrogen) atoms. The van der Waals surface area contributed by atoms with Crippen LogP contribution >= 0.6 is 22.9 Å². The first-order valence-corrected chi connectivity index (χ1v) is 5.48. The van der Waals surface area contributed by atoms with Crippen LogP contribution in [0.15, 0.2) is 18.2 Å². The van der Waals surface area contributed by atoms with Gasteiger partial charge in [-0.15, -0.1) is 22.9 Å². The molecule has 0 atom stereocenters. The second-order valence-electron chi connectivity index (χ2n) is 2.95. The highest BCUT2D eigenvalue weighted by Crippen LogP contribution is 2.31. The molecule has 0 saturated carbocycles. The van der Waals surface area contributed by atoms with Crippen LogP contribution in [0.5, 0.6) is 0 Å². The van der Waals surface area contributed by atoms with E-state index in [4.69, 9.17) is 16.7 Å². The zero-order valence-electron chi connectivity index (χ0n) is 7.26. The maximum Gasteiger partial charge on any atom is 0.141 e. The van der Waals surface area contributed by atoms with Crippen molar-refractivity contribution in [1.82, 2.24) is 0 Å². The highest BCUT2D eigenvalue weighted by molar-refractivity contribution is 7.19. The van der Waals surface area contributed by atoms with Crippen LogP contribution in [0.25, 0.3) is 10.1 Å². The van der Waals surface area contributed by atoms with E-state index in [9.17, 15) is 4.39 Å². The Hall–Kier alpha value is -0.640. The van der Waals surface area contributed by atoms with E-state index >= 15 is 0 Å². The van der Waals surface area contributed by atoms with Gasteiger partial charge >= 0.3 is 0 Å². The first-order valence-electron chi connectivity index (χ1n) is 4.13. The molecule has 1 aromatic carbocycles. The fourth-order valence-corrected chi connectivity index (χ4v) is 2.59. The molecule has 1 heterocycles. The van der Waals surface area contributed by atoms with Gasteiger partial charge in [-0.05, 0) is 17.7 Å². The average Bonchev–Trinajstić information content (AvgIpc) is 2.63. The molecular weight excluding hydrogens is 223 g/mol. The summed E-state index contributed by atoms with van der Waals surface area (Å²) in [6.45, 7) is -0.0550. The van der Waals surface area contributed by atoms with E-state index in [0.717, 1.165) is 15.8 Å². The lowest BCUT2D eigenvalue weighted by Crippen LogP contribution is -1.81. The Bertz CT molecular complexity index is 466. The van der Waals surface area contributed by atoms with Gasteiger partial charge in [-0.2, -0.15) is 0 Å². The molecule has 0 spiro atoms. The molecule has 74 valence electrons. The van der Waals surface area contributed by atoms with Gasteiger partial charge in [-0.25, -0.2) is 4.39 Å². The summed E-state index contributed by atoms with van der Waals surface area (Å²) in [5.74, 6) is 0.108. The molecule has 2 aromatic rings. The van der Waals surface area contributed by atoms with Gasteiger partial charge in [0.25, 0.3) is 0 Å². The van der Waals surface area contributed by atoms with Crippen molar-refractivity contribution in [2.24, 2.45) is 0 Å². The van der Waals surface area contributed by atoms with Gasteiger partial charge in [-0.3, -0.25) is 0 Å². The Morgan fingerprint density at radius 2 is 2.21 bits per heavy atom.